The van der Waals surface area contributed by atoms with Crippen molar-refractivity contribution >= 4 is 10.9 Å². The van der Waals surface area contributed by atoms with E-state index in [4.69, 9.17) is 9.47 Å². The van der Waals surface area contributed by atoms with Crippen LogP contribution in [0.2, 0.25) is 0 Å². The summed E-state index contributed by atoms with van der Waals surface area (Å²) in [5, 5.41) is 4.60. The molecule has 1 fully saturated rings. The fourth-order valence-corrected chi connectivity index (χ4v) is 2.62. The van der Waals surface area contributed by atoms with Gasteiger partial charge < -0.3 is 14.8 Å². The van der Waals surface area contributed by atoms with Crippen LogP contribution in [0, 0.1) is 0 Å². The van der Waals surface area contributed by atoms with Crippen molar-refractivity contribution < 1.29 is 9.47 Å². The normalized spacial score (nSPS) is 22.9. The largest absolute Gasteiger partial charge is 0.486 e. The summed E-state index contributed by atoms with van der Waals surface area (Å²) in [6.45, 7) is 4.50. The second-order valence-electron chi connectivity index (χ2n) is 5.04. The first-order valence-corrected chi connectivity index (χ1v) is 7.19. The lowest BCUT2D eigenvalue weighted by Gasteiger charge is -2.32. The molecule has 0 amide bonds. The van der Waals surface area contributed by atoms with Gasteiger partial charge in [0.25, 0.3) is 0 Å². The summed E-state index contributed by atoms with van der Waals surface area (Å²) in [6, 6.07) is 10.4. The predicted octanol–water partition coefficient (Wildman–Crippen LogP) is 2.38. The van der Waals surface area contributed by atoms with Crippen molar-refractivity contribution in [2.24, 2.45) is 0 Å². The van der Waals surface area contributed by atoms with E-state index in [9.17, 15) is 0 Å². The Hall–Kier alpha value is -1.65. The minimum absolute atomic E-state index is 0.0601. The molecule has 2 unspecified atom stereocenters. The molecular formula is C16H20N2O2. The Bertz CT molecular complexity index is 571. The van der Waals surface area contributed by atoms with Crippen LogP contribution in [0.4, 0.5) is 0 Å². The van der Waals surface area contributed by atoms with Gasteiger partial charge in [-0.2, -0.15) is 0 Å². The van der Waals surface area contributed by atoms with Gasteiger partial charge in [-0.05, 0) is 31.2 Å². The lowest BCUT2D eigenvalue weighted by molar-refractivity contribution is -0.0142. The van der Waals surface area contributed by atoms with Gasteiger partial charge in [0.2, 0.25) is 0 Å². The molecule has 0 saturated carbocycles. The maximum atomic E-state index is 6.10. The number of fused-ring (bicyclic) bond motifs is 1. The average Bonchev–Trinajstić information content (AvgIpc) is 2.49. The van der Waals surface area contributed by atoms with Crippen LogP contribution < -0.4 is 10.1 Å². The summed E-state index contributed by atoms with van der Waals surface area (Å²) in [5.74, 6) is 0.856. The van der Waals surface area contributed by atoms with Gasteiger partial charge in [0.05, 0.1) is 12.1 Å². The number of ether oxygens (including phenoxy) is 2. The lowest BCUT2D eigenvalue weighted by atomic mass is 10.1. The molecule has 1 aromatic heterocycles. The zero-order chi connectivity index (χ0) is 13.8. The highest BCUT2D eigenvalue weighted by molar-refractivity contribution is 5.79. The fourth-order valence-electron chi connectivity index (χ4n) is 2.62. The van der Waals surface area contributed by atoms with Gasteiger partial charge in [-0.15, -0.1) is 0 Å². The molecule has 4 nitrogen and oxygen atoms in total. The number of rotatable bonds is 4. The van der Waals surface area contributed by atoms with E-state index < -0.39 is 0 Å². The highest BCUT2D eigenvalue weighted by atomic mass is 16.5. The molecule has 4 heteroatoms. The Morgan fingerprint density at radius 3 is 3.25 bits per heavy atom. The molecule has 1 saturated heterocycles. The third-order valence-corrected chi connectivity index (χ3v) is 3.64. The summed E-state index contributed by atoms with van der Waals surface area (Å²) in [4.78, 5) is 4.36. The van der Waals surface area contributed by atoms with Crippen molar-refractivity contribution in [3.8, 4) is 5.75 Å². The zero-order valence-corrected chi connectivity index (χ0v) is 11.7. The topological polar surface area (TPSA) is 43.4 Å². The Morgan fingerprint density at radius 1 is 1.40 bits per heavy atom. The molecule has 1 N–H and O–H groups in total. The van der Waals surface area contributed by atoms with Gasteiger partial charge in [-0.25, -0.2) is 0 Å². The quantitative estimate of drug-likeness (QED) is 0.928. The first-order valence-electron chi connectivity index (χ1n) is 7.19. The Kier molecular flexibility index (Phi) is 4.14. The minimum Gasteiger partial charge on any atom is -0.486 e. The summed E-state index contributed by atoms with van der Waals surface area (Å²) in [6.07, 6.45) is 2.85. The summed E-state index contributed by atoms with van der Waals surface area (Å²) < 4.78 is 11.6. The number of nitrogens with zero attached hydrogens (tertiary/aromatic N) is 1. The molecule has 2 aromatic rings. The molecule has 0 spiro atoms. The monoisotopic (exact) mass is 272 g/mol. The second kappa shape index (κ2) is 6.20. The van der Waals surface area contributed by atoms with E-state index in [2.05, 4.69) is 23.3 Å². The molecule has 1 aromatic carbocycles. The number of benzene rings is 1. The average molecular weight is 272 g/mol. The van der Waals surface area contributed by atoms with Crippen LogP contribution in [0.1, 0.15) is 13.3 Å². The second-order valence-corrected chi connectivity index (χ2v) is 5.04. The van der Waals surface area contributed by atoms with E-state index in [1.54, 1.807) is 6.20 Å². The smallest absolute Gasteiger partial charge is 0.137 e. The van der Waals surface area contributed by atoms with Crippen molar-refractivity contribution in [2.75, 3.05) is 19.8 Å². The lowest BCUT2D eigenvalue weighted by Crippen LogP contribution is -2.49. The molecule has 106 valence electrons. The van der Waals surface area contributed by atoms with E-state index >= 15 is 0 Å². The summed E-state index contributed by atoms with van der Waals surface area (Å²) >= 11 is 0. The van der Waals surface area contributed by atoms with Gasteiger partial charge in [0, 0.05) is 30.3 Å². The molecule has 1 aliphatic rings. The molecule has 20 heavy (non-hydrogen) atoms. The molecule has 3 rings (SSSR count). The third-order valence-electron chi connectivity index (χ3n) is 3.64. The number of likely N-dealkylation sites (N-methyl/N-ethyl adjacent to an activating group) is 1. The van der Waals surface area contributed by atoms with Gasteiger partial charge in [-0.3, -0.25) is 4.98 Å². The van der Waals surface area contributed by atoms with Crippen LogP contribution >= 0.6 is 0 Å². The SMILES string of the molecule is CCNC1CCOCC1Oc1ccc2cccnc2c1. The highest BCUT2D eigenvalue weighted by Gasteiger charge is 2.26. The first kappa shape index (κ1) is 13.3. The van der Waals surface area contributed by atoms with Gasteiger partial charge in [-0.1, -0.05) is 13.0 Å². The van der Waals surface area contributed by atoms with Crippen LogP contribution in [0.25, 0.3) is 10.9 Å². The van der Waals surface area contributed by atoms with Crippen molar-refractivity contribution in [2.45, 2.75) is 25.5 Å². The Labute approximate surface area is 119 Å². The Balaban J connectivity index is 1.77. The number of pyridine rings is 1. The number of aromatic nitrogens is 1. The predicted molar refractivity (Wildman–Crippen MR) is 79.1 cm³/mol. The van der Waals surface area contributed by atoms with Crippen molar-refractivity contribution in [1.82, 2.24) is 10.3 Å². The zero-order valence-electron chi connectivity index (χ0n) is 11.7. The summed E-state index contributed by atoms with van der Waals surface area (Å²) in [5.41, 5.74) is 0.960. The number of hydrogen-bond donors (Lipinski definition) is 1. The van der Waals surface area contributed by atoms with Crippen LogP contribution in [-0.2, 0) is 4.74 Å². The van der Waals surface area contributed by atoms with E-state index in [1.165, 1.54) is 0 Å². The molecule has 2 heterocycles. The molecule has 0 aliphatic carbocycles. The number of nitrogens with one attached hydrogen (secondary N) is 1. The number of hydrogen-bond acceptors (Lipinski definition) is 4. The van der Waals surface area contributed by atoms with Crippen LogP contribution in [0.3, 0.4) is 0 Å². The van der Waals surface area contributed by atoms with Crippen molar-refractivity contribution in [1.29, 1.82) is 0 Å². The van der Waals surface area contributed by atoms with Gasteiger partial charge >= 0.3 is 0 Å². The van der Waals surface area contributed by atoms with E-state index in [0.717, 1.165) is 36.2 Å². The maximum Gasteiger partial charge on any atom is 0.137 e. The van der Waals surface area contributed by atoms with E-state index in [-0.39, 0.29) is 6.10 Å². The van der Waals surface area contributed by atoms with Crippen LogP contribution in [-0.4, -0.2) is 36.9 Å². The Morgan fingerprint density at radius 2 is 2.35 bits per heavy atom. The molecule has 0 bridgehead atoms. The third kappa shape index (κ3) is 2.92. The fraction of sp³-hybridized carbons (Fsp3) is 0.438. The molecule has 1 aliphatic heterocycles. The molecular weight excluding hydrogens is 252 g/mol. The minimum atomic E-state index is 0.0601. The van der Waals surface area contributed by atoms with E-state index in [0.29, 0.717) is 12.6 Å². The van der Waals surface area contributed by atoms with Crippen LogP contribution in [0.15, 0.2) is 36.5 Å². The van der Waals surface area contributed by atoms with Crippen LogP contribution in [0.5, 0.6) is 5.75 Å². The van der Waals surface area contributed by atoms with Gasteiger partial charge in [0.1, 0.15) is 11.9 Å². The van der Waals surface area contributed by atoms with E-state index in [1.807, 2.05) is 24.3 Å². The van der Waals surface area contributed by atoms with Crippen molar-refractivity contribution in [3.63, 3.8) is 0 Å². The summed E-state index contributed by atoms with van der Waals surface area (Å²) in [7, 11) is 0. The molecule has 0 radical (unpaired) electrons. The standard InChI is InChI=1S/C16H20N2O2/c1-2-17-14-7-9-19-11-16(14)20-13-6-5-12-4-3-8-18-15(12)10-13/h3-6,8,10,14,16-17H,2,7,9,11H2,1H3. The highest BCUT2D eigenvalue weighted by Crippen LogP contribution is 2.22. The first-order chi connectivity index (χ1) is 9.86. The van der Waals surface area contributed by atoms with Gasteiger partial charge in [0.15, 0.2) is 0 Å². The maximum absolute atomic E-state index is 6.10. The molecule has 2 atom stereocenters. The van der Waals surface area contributed by atoms with Crippen molar-refractivity contribution in [3.05, 3.63) is 36.5 Å².